The van der Waals surface area contributed by atoms with Gasteiger partial charge in [-0.05, 0) is 18.8 Å². The molecule has 0 aromatic carbocycles. The van der Waals surface area contributed by atoms with E-state index in [1.54, 1.807) is 0 Å². The highest BCUT2D eigenvalue weighted by molar-refractivity contribution is 8.14. The molecule has 0 N–H and O–H groups in total. The number of rotatable bonds is 2. The average molecular weight is 223 g/mol. The molecule has 0 amide bonds. The molecular weight excluding hydrogens is 217 g/mol. The standard InChI is InChI=1S/C5H6ClF3O2S/c6-12(10,11)4(3-1-2-3)5(7,8)9/h3-4H,1-2H2. The molecule has 0 saturated heterocycles. The molecule has 72 valence electrons. The largest absolute Gasteiger partial charge is 0.407 e. The Kier molecular flexibility index (Phi) is 2.33. The second kappa shape index (κ2) is 2.77. The van der Waals surface area contributed by atoms with E-state index in [1.807, 2.05) is 0 Å². The lowest BCUT2D eigenvalue weighted by molar-refractivity contribution is -0.133. The fourth-order valence-corrected chi connectivity index (χ4v) is 2.85. The molecule has 1 fully saturated rings. The van der Waals surface area contributed by atoms with E-state index in [1.165, 1.54) is 0 Å². The Morgan fingerprint density at radius 1 is 1.33 bits per heavy atom. The topological polar surface area (TPSA) is 34.1 Å². The fourth-order valence-electron chi connectivity index (χ4n) is 1.06. The first kappa shape index (κ1) is 10.1. The van der Waals surface area contributed by atoms with Crippen molar-refractivity contribution in [2.75, 3.05) is 0 Å². The van der Waals surface area contributed by atoms with Crippen LogP contribution in [0.1, 0.15) is 12.8 Å². The Labute approximate surface area is 72.1 Å². The molecular formula is C5H6ClF3O2S. The lowest BCUT2D eigenvalue weighted by Crippen LogP contribution is -2.35. The van der Waals surface area contributed by atoms with Crippen molar-refractivity contribution in [1.29, 1.82) is 0 Å². The molecule has 7 heteroatoms. The van der Waals surface area contributed by atoms with Crippen LogP contribution in [0.2, 0.25) is 0 Å². The minimum Gasteiger partial charge on any atom is -0.212 e. The zero-order valence-corrected chi connectivity index (χ0v) is 7.38. The molecule has 0 aliphatic heterocycles. The van der Waals surface area contributed by atoms with Gasteiger partial charge < -0.3 is 0 Å². The van der Waals surface area contributed by atoms with Crippen LogP contribution in [0.25, 0.3) is 0 Å². The Bertz CT molecular complexity index is 267. The van der Waals surface area contributed by atoms with Crippen LogP contribution in [0.4, 0.5) is 13.2 Å². The Morgan fingerprint density at radius 3 is 1.83 bits per heavy atom. The molecule has 0 aromatic heterocycles. The summed E-state index contributed by atoms with van der Waals surface area (Å²) in [7, 11) is 0.159. The van der Waals surface area contributed by atoms with Gasteiger partial charge in [-0.3, -0.25) is 0 Å². The first-order valence-electron chi connectivity index (χ1n) is 3.23. The Balaban J connectivity index is 2.90. The smallest absolute Gasteiger partial charge is 0.212 e. The molecule has 0 spiro atoms. The van der Waals surface area contributed by atoms with E-state index in [-0.39, 0.29) is 12.8 Å². The van der Waals surface area contributed by atoms with Crippen molar-refractivity contribution in [1.82, 2.24) is 0 Å². The third kappa shape index (κ3) is 2.26. The minimum atomic E-state index is -4.73. The van der Waals surface area contributed by atoms with Gasteiger partial charge in [-0.2, -0.15) is 13.2 Å². The highest BCUT2D eigenvalue weighted by Gasteiger charge is 2.55. The summed E-state index contributed by atoms with van der Waals surface area (Å²) in [6.07, 6.45) is -4.16. The molecule has 0 bridgehead atoms. The van der Waals surface area contributed by atoms with Crippen LogP contribution in [0.15, 0.2) is 0 Å². The third-order valence-corrected chi connectivity index (χ3v) is 3.51. The number of halogens is 4. The Hall–Kier alpha value is 0.0300. The maximum Gasteiger partial charge on any atom is 0.407 e. The van der Waals surface area contributed by atoms with Crippen molar-refractivity contribution in [3.63, 3.8) is 0 Å². The lowest BCUT2D eigenvalue weighted by Gasteiger charge is -2.15. The van der Waals surface area contributed by atoms with Crippen molar-refractivity contribution in [2.45, 2.75) is 24.3 Å². The molecule has 1 unspecified atom stereocenters. The Morgan fingerprint density at radius 2 is 1.75 bits per heavy atom. The van der Waals surface area contributed by atoms with Gasteiger partial charge >= 0.3 is 6.18 Å². The number of alkyl halides is 3. The summed E-state index contributed by atoms with van der Waals surface area (Å²) in [6, 6.07) is 0. The van der Waals surface area contributed by atoms with Crippen LogP contribution in [-0.4, -0.2) is 19.8 Å². The van der Waals surface area contributed by atoms with E-state index in [2.05, 4.69) is 10.7 Å². The van der Waals surface area contributed by atoms with E-state index in [9.17, 15) is 21.6 Å². The third-order valence-electron chi connectivity index (χ3n) is 1.68. The summed E-state index contributed by atoms with van der Waals surface area (Å²) in [5.41, 5.74) is 0. The summed E-state index contributed by atoms with van der Waals surface area (Å²) in [5.74, 6) is -0.826. The quantitative estimate of drug-likeness (QED) is 0.669. The van der Waals surface area contributed by atoms with Crippen LogP contribution in [0.5, 0.6) is 0 Å². The first-order valence-corrected chi connectivity index (χ1v) is 5.60. The predicted octanol–water partition coefficient (Wildman–Crippen LogP) is 1.90. The van der Waals surface area contributed by atoms with Crippen LogP contribution in [0.3, 0.4) is 0 Å². The highest BCUT2D eigenvalue weighted by atomic mass is 35.7. The van der Waals surface area contributed by atoms with Gasteiger partial charge in [0.05, 0.1) is 0 Å². The molecule has 1 aliphatic carbocycles. The second-order valence-electron chi connectivity index (χ2n) is 2.78. The van der Waals surface area contributed by atoms with Crippen molar-refractivity contribution >= 4 is 19.7 Å². The fraction of sp³-hybridized carbons (Fsp3) is 1.00. The van der Waals surface area contributed by atoms with Gasteiger partial charge in [-0.15, -0.1) is 0 Å². The molecule has 1 aliphatic rings. The molecule has 0 heterocycles. The van der Waals surface area contributed by atoms with Crippen molar-refractivity contribution in [3.05, 3.63) is 0 Å². The molecule has 12 heavy (non-hydrogen) atoms. The van der Waals surface area contributed by atoms with Gasteiger partial charge in [-0.25, -0.2) is 8.42 Å². The lowest BCUT2D eigenvalue weighted by atomic mass is 10.3. The van der Waals surface area contributed by atoms with Crippen LogP contribution < -0.4 is 0 Å². The zero-order valence-electron chi connectivity index (χ0n) is 5.81. The van der Waals surface area contributed by atoms with Crippen LogP contribution in [0, 0.1) is 5.92 Å². The van der Waals surface area contributed by atoms with Crippen molar-refractivity contribution in [2.24, 2.45) is 5.92 Å². The monoisotopic (exact) mass is 222 g/mol. The highest BCUT2D eigenvalue weighted by Crippen LogP contribution is 2.45. The number of hydrogen-bond donors (Lipinski definition) is 0. The van der Waals surface area contributed by atoms with E-state index in [0.29, 0.717) is 0 Å². The molecule has 1 rings (SSSR count). The summed E-state index contributed by atoms with van der Waals surface area (Å²) >= 11 is 0. The zero-order chi connectivity index (χ0) is 9.57. The molecule has 1 saturated carbocycles. The van der Waals surface area contributed by atoms with Crippen LogP contribution in [-0.2, 0) is 9.05 Å². The molecule has 1 atom stereocenters. The SMILES string of the molecule is O=S(=O)(Cl)C(C1CC1)C(F)(F)F. The molecule has 2 nitrogen and oxygen atoms in total. The summed E-state index contributed by atoms with van der Waals surface area (Å²) in [6.45, 7) is 0. The maximum atomic E-state index is 12.0. The van der Waals surface area contributed by atoms with Crippen molar-refractivity contribution < 1.29 is 21.6 Å². The molecule has 0 aromatic rings. The van der Waals surface area contributed by atoms with Gasteiger partial charge in [0.2, 0.25) is 9.05 Å². The summed E-state index contributed by atoms with van der Waals surface area (Å²) < 4.78 is 57.1. The van der Waals surface area contributed by atoms with E-state index < -0.39 is 26.4 Å². The van der Waals surface area contributed by atoms with Crippen molar-refractivity contribution in [3.8, 4) is 0 Å². The molecule has 0 radical (unpaired) electrons. The van der Waals surface area contributed by atoms with Gasteiger partial charge in [0, 0.05) is 10.7 Å². The number of hydrogen-bond acceptors (Lipinski definition) is 2. The average Bonchev–Trinajstić information content (AvgIpc) is 2.38. The van der Waals surface area contributed by atoms with Gasteiger partial charge in [-0.1, -0.05) is 0 Å². The van der Waals surface area contributed by atoms with Crippen LogP contribution >= 0.6 is 10.7 Å². The van der Waals surface area contributed by atoms with Gasteiger partial charge in [0.25, 0.3) is 0 Å². The van der Waals surface area contributed by atoms with Gasteiger partial charge in [0.15, 0.2) is 5.25 Å². The summed E-state index contributed by atoms with van der Waals surface area (Å²) in [5, 5.41) is -2.37. The van der Waals surface area contributed by atoms with E-state index in [0.717, 1.165) is 0 Å². The predicted molar refractivity (Wildman–Crippen MR) is 37.3 cm³/mol. The first-order chi connectivity index (χ1) is 5.23. The minimum absolute atomic E-state index is 0.288. The maximum absolute atomic E-state index is 12.0. The van der Waals surface area contributed by atoms with E-state index >= 15 is 0 Å². The normalized spacial score (nSPS) is 22.3. The van der Waals surface area contributed by atoms with E-state index in [4.69, 9.17) is 0 Å². The van der Waals surface area contributed by atoms with Gasteiger partial charge in [0.1, 0.15) is 0 Å². The second-order valence-corrected chi connectivity index (χ2v) is 5.52. The summed E-state index contributed by atoms with van der Waals surface area (Å²) in [4.78, 5) is 0.